The molecule has 1 heterocycles. The molecular formula is C10H21N3O. The van der Waals surface area contributed by atoms with Crippen molar-refractivity contribution in [2.45, 2.75) is 38.8 Å². The number of nitrogens with zero attached hydrogens (tertiary/aromatic N) is 1. The van der Waals surface area contributed by atoms with E-state index in [1.165, 1.54) is 0 Å². The van der Waals surface area contributed by atoms with Gasteiger partial charge in [0.25, 0.3) is 0 Å². The number of rotatable bonds is 4. The number of carbonyl (C=O) groups is 1. The molecule has 1 aliphatic heterocycles. The van der Waals surface area contributed by atoms with Gasteiger partial charge in [-0.15, -0.1) is 0 Å². The molecule has 1 atom stereocenters. The van der Waals surface area contributed by atoms with Gasteiger partial charge in [0.05, 0.1) is 0 Å². The molecule has 1 fully saturated rings. The summed E-state index contributed by atoms with van der Waals surface area (Å²) in [5, 5.41) is 2.88. The van der Waals surface area contributed by atoms with Gasteiger partial charge in [-0.25, -0.2) is 0 Å². The third kappa shape index (κ3) is 4.07. The van der Waals surface area contributed by atoms with Gasteiger partial charge in [-0.05, 0) is 26.8 Å². The Kier molecular flexibility index (Phi) is 4.35. The highest BCUT2D eigenvalue weighted by Crippen LogP contribution is 2.06. The smallest absolute Gasteiger partial charge is 0.221 e. The van der Waals surface area contributed by atoms with E-state index < -0.39 is 0 Å². The molecule has 4 heteroatoms. The largest absolute Gasteiger partial charge is 0.354 e. The van der Waals surface area contributed by atoms with Crippen LogP contribution in [0.4, 0.5) is 0 Å². The second-order valence-electron chi connectivity index (χ2n) is 4.32. The maximum absolute atomic E-state index is 11.3. The highest BCUT2D eigenvalue weighted by Gasteiger charge is 2.19. The Labute approximate surface area is 85.8 Å². The van der Waals surface area contributed by atoms with Crippen LogP contribution in [-0.2, 0) is 4.79 Å². The first-order valence-corrected chi connectivity index (χ1v) is 5.35. The van der Waals surface area contributed by atoms with E-state index in [4.69, 9.17) is 5.73 Å². The van der Waals surface area contributed by atoms with Crippen LogP contribution in [0.3, 0.4) is 0 Å². The predicted molar refractivity (Wildman–Crippen MR) is 56.9 cm³/mol. The summed E-state index contributed by atoms with van der Waals surface area (Å²) in [6.07, 6.45) is 1.65. The van der Waals surface area contributed by atoms with Crippen molar-refractivity contribution in [1.29, 1.82) is 0 Å². The van der Waals surface area contributed by atoms with Crippen LogP contribution in [-0.4, -0.2) is 42.5 Å². The van der Waals surface area contributed by atoms with Gasteiger partial charge in [-0.2, -0.15) is 0 Å². The number of carbonyl (C=O) groups excluding carboxylic acids is 1. The lowest BCUT2D eigenvalue weighted by atomic mass is 10.3. The Hall–Kier alpha value is -0.610. The van der Waals surface area contributed by atoms with Gasteiger partial charge < -0.3 is 16.0 Å². The fourth-order valence-electron chi connectivity index (χ4n) is 1.72. The third-order valence-electron chi connectivity index (χ3n) is 2.41. The fraction of sp³-hybridized carbons (Fsp3) is 0.900. The molecule has 0 unspecified atom stereocenters. The van der Waals surface area contributed by atoms with E-state index in [0.717, 1.165) is 26.1 Å². The molecule has 0 spiro atoms. The molecule has 14 heavy (non-hydrogen) atoms. The Morgan fingerprint density at radius 2 is 2.36 bits per heavy atom. The second kappa shape index (κ2) is 5.32. The molecule has 1 saturated heterocycles. The molecule has 1 rings (SSSR count). The Bertz CT molecular complexity index is 194. The number of nitrogens with one attached hydrogen (secondary N) is 1. The molecule has 4 nitrogen and oxygen atoms in total. The van der Waals surface area contributed by atoms with Crippen molar-refractivity contribution in [3.05, 3.63) is 0 Å². The van der Waals surface area contributed by atoms with E-state index in [1.54, 1.807) is 0 Å². The molecule has 1 aliphatic rings. The van der Waals surface area contributed by atoms with E-state index in [9.17, 15) is 4.79 Å². The van der Waals surface area contributed by atoms with Gasteiger partial charge in [-0.3, -0.25) is 4.79 Å². The summed E-state index contributed by atoms with van der Waals surface area (Å²) in [4.78, 5) is 13.6. The van der Waals surface area contributed by atoms with E-state index in [2.05, 4.69) is 10.2 Å². The molecule has 3 N–H and O–H groups in total. The van der Waals surface area contributed by atoms with Crippen LogP contribution in [0.5, 0.6) is 0 Å². The molecule has 0 aromatic carbocycles. The summed E-state index contributed by atoms with van der Waals surface area (Å²) in [6.45, 7) is 6.77. The molecule has 0 saturated carbocycles. The molecule has 0 aromatic rings. The minimum Gasteiger partial charge on any atom is -0.354 e. The van der Waals surface area contributed by atoms with Gasteiger partial charge in [0.2, 0.25) is 5.91 Å². The van der Waals surface area contributed by atoms with Crippen molar-refractivity contribution in [2.24, 2.45) is 5.73 Å². The van der Waals surface area contributed by atoms with Crippen molar-refractivity contribution in [3.63, 3.8) is 0 Å². The van der Waals surface area contributed by atoms with Crippen LogP contribution in [0.15, 0.2) is 0 Å². The highest BCUT2D eigenvalue weighted by molar-refractivity contribution is 5.76. The molecule has 0 bridgehead atoms. The molecule has 82 valence electrons. The zero-order chi connectivity index (χ0) is 10.6. The first-order chi connectivity index (χ1) is 6.58. The van der Waals surface area contributed by atoms with Crippen LogP contribution in [0.2, 0.25) is 0 Å². The maximum Gasteiger partial charge on any atom is 0.221 e. The second-order valence-corrected chi connectivity index (χ2v) is 4.32. The van der Waals surface area contributed by atoms with Gasteiger partial charge in [0.1, 0.15) is 0 Å². The van der Waals surface area contributed by atoms with Crippen molar-refractivity contribution in [2.75, 3.05) is 19.6 Å². The summed E-state index contributed by atoms with van der Waals surface area (Å²) in [6, 6.07) is 0.548. The van der Waals surface area contributed by atoms with Gasteiger partial charge in [0.15, 0.2) is 0 Å². The van der Waals surface area contributed by atoms with Crippen molar-refractivity contribution < 1.29 is 4.79 Å². The topological polar surface area (TPSA) is 58.4 Å². The summed E-state index contributed by atoms with van der Waals surface area (Å²) in [7, 11) is 0. The standard InChI is InChI=1S/C10H21N3O/c1-8(2)12-10(14)4-6-13-5-3-9(11)7-13/h8-9H,3-7,11H2,1-2H3,(H,12,14)/t9-/m1/s1. The predicted octanol–water partition coefficient (Wildman–Crippen LogP) is -0.0659. The zero-order valence-electron chi connectivity index (χ0n) is 9.12. The van der Waals surface area contributed by atoms with E-state index in [0.29, 0.717) is 12.5 Å². The molecular weight excluding hydrogens is 178 g/mol. The quantitative estimate of drug-likeness (QED) is 0.666. The summed E-state index contributed by atoms with van der Waals surface area (Å²) in [5.41, 5.74) is 5.77. The highest BCUT2D eigenvalue weighted by atomic mass is 16.1. The number of hydrogen-bond donors (Lipinski definition) is 2. The van der Waals surface area contributed by atoms with Gasteiger partial charge in [-0.1, -0.05) is 0 Å². The Balaban J connectivity index is 2.11. The third-order valence-corrected chi connectivity index (χ3v) is 2.41. The number of likely N-dealkylation sites (tertiary alicyclic amines) is 1. The number of amides is 1. The van der Waals surface area contributed by atoms with E-state index in [-0.39, 0.29) is 11.9 Å². The summed E-state index contributed by atoms with van der Waals surface area (Å²) in [5.74, 6) is 0.139. The van der Waals surface area contributed by atoms with E-state index >= 15 is 0 Å². The molecule has 0 radical (unpaired) electrons. The minimum absolute atomic E-state index is 0.139. The molecule has 1 amide bonds. The zero-order valence-corrected chi connectivity index (χ0v) is 9.12. The average Bonchev–Trinajstić information content (AvgIpc) is 2.47. The van der Waals surface area contributed by atoms with Crippen LogP contribution < -0.4 is 11.1 Å². The lowest BCUT2D eigenvalue weighted by Crippen LogP contribution is -2.34. The van der Waals surface area contributed by atoms with Gasteiger partial charge in [0, 0.05) is 31.6 Å². The first kappa shape index (κ1) is 11.5. The van der Waals surface area contributed by atoms with Crippen molar-refractivity contribution in [1.82, 2.24) is 10.2 Å². The average molecular weight is 199 g/mol. The summed E-state index contributed by atoms with van der Waals surface area (Å²) < 4.78 is 0. The normalized spacial score (nSPS) is 23.0. The first-order valence-electron chi connectivity index (χ1n) is 5.35. The Morgan fingerprint density at radius 1 is 1.64 bits per heavy atom. The summed E-state index contributed by atoms with van der Waals surface area (Å²) >= 11 is 0. The van der Waals surface area contributed by atoms with Crippen molar-refractivity contribution >= 4 is 5.91 Å². The Morgan fingerprint density at radius 3 is 2.86 bits per heavy atom. The number of hydrogen-bond acceptors (Lipinski definition) is 3. The van der Waals surface area contributed by atoms with Crippen LogP contribution >= 0.6 is 0 Å². The molecule has 0 aliphatic carbocycles. The van der Waals surface area contributed by atoms with Gasteiger partial charge >= 0.3 is 0 Å². The fourth-order valence-corrected chi connectivity index (χ4v) is 1.72. The number of nitrogens with two attached hydrogens (primary N) is 1. The maximum atomic E-state index is 11.3. The lowest BCUT2D eigenvalue weighted by Gasteiger charge is -2.15. The molecule has 0 aromatic heterocycles. The monoisotopic (exact) mass is 199 g/mol. The van der Waals surface area contributed by atoms with Crippen LogP contribution in [0, 0.1) is 0 Å². The van der Waals surface area contributed by atoms with E-state index in [1.807, 2.05) is 13.8 Å². The van der Waals surface area contributed by atoms with Crippen LogP contribution in [0.1, 0.15) is 26.7 Å². The van der Waals surface area contributed by atoms with Crippen molar-refractivity contribution in [3.8, 4) is 0 Å². The van der Waals surface area contributed by atoms with Crippen LogP contribution in [0.25, 0.3) is 0 Å². The minimum atomic E-state index is 0.139. The SMILES string of the molecule is CC(C)NC(=O)CCN1CC[C@@H](N)C1. The lowest BCUT2D eigenvalue weighted by molar-refractivity contribution is -0.121.